The van der Waals surface area contributed by atoms with Crippen molar-refractivity contribution >= 4 is 35.1 Å². The van der Waals surface area contributed by atoms with Crippen molar-refractivity contribution in [2.75, 3.05) is 17.2 Å². The molecule has 1 saturated heterocycles. The predicted molar refractivity (Wildman–Crippen MR) is 80.8 cm³/mol. The Labute approximate surface area is 118 Å². The normalized spacial score (nSPS) is 19.4. The standard InChI is InChI=1S/C15H16N2OS/c1-10-4-5-13(12-3-2-6-16-15(10)12)17-8-11(9-19)7-14(17)18/h2-6,11,19H,7-9H2,1H3. The summed E-state index contributed by atoms with van der Waals surface area (Å²) in [7, 11) is 0. The van der Waals surface area contributed by atoms with Gasteiger partial charge in [-0.05, 0) is 42.4 Å². The number of carbonyl (C=O) groups excluding carboxylic acids is 1. The topological polar surface area (TPSA) is 33.2 Å². The van der Waals surface area contributed by atoms with E-state index in [0.717, 1.165) is 34.5 Å². The molecule has 1 aromatic heterocycles. The summed E-state index contributed by atoms with van der Waals surface area (Å²) in [5.74, 6) is 1.29. The lowest BCUT2D eigenvalue weighted by molar-refractivity contribution is -0.117. The van der Waals surface area contributed by atoms with Crippen molar-refractivity contribution in [2.45, 2.75) is 13.3 Å². The maximum atomic E-state index is 12.1. The lowest BCUT2D eigenvalue weighted by Crippen LogP contribution is -2.25. The molecular formula is C15H16N2OS. The molecule has 0 saturated carbocycles. The molecule has 1 fully saturated rings. The maximum absolute atomic E-state index is 12.1. The van der Waals surface area contributed by atoms with E-state index in [9.17, 15) is 4.79 Å². The molecule has 2 heterocycles. The van der Waals surface area contributed by atoms with E-state index in [1.807, 2.05) is 36.1 Å². The van der Waals surface area contributed by atoms with Crippen LogP contribution in [0.5, 0.6) is 0 Å². The number of anilines is 1. The molecule has 1 amide bonds. The Balaban J connectivity index is 2.11. The number of rotatable bonds is 2. The monoisotopic (exact) mass is 272 g/mol. The average Bonchev–Trinajstić information content (AvgIpc) is 2.81. The van der Waals surface area contributed by atoms with Crippen LogP contribution in [0, 0.1) is 12.8 Å². The number of pyridine rings is 1. The van der Waals surface area contributed by atoms with Crippen molar-refractivity contribution in [3.05, 3.63) is 36.0 Å². The summed E-state index contributed by atoms with van der Waals surface area (Å²) in [5, 5.41) is 1.05. The van der Waals surface area contributed by atoms with Gasteiger partial charge >= 0.3 is 0 Å². The van der Waals surface area contributed by atoms with E-state index in [1.54, 1.807) is 6.20 Å². The summed E-state index contributed by atoms with van der Waals surface area (Å²) in [4.78, 5) is 18.4. The minimum Gasteiger partial charge on any atom is -0.311 e. The summed E-state index contributed by atoms with van der Waals surface area (Å²) in [6.07, 6.45) is 2.39. The third-order valence-corrected chi connectivity index (χ3v) is 4.22. The lowest BCUT2D eigenvalue weighted by atomic mass is 10.1. The van der Waals surface area contributed by atoms with Crippen molar-refractivity contribution in [3.8, 4) is 0 Å². The van der Waals surface area contributed by atoms with Crippen molar-refractivity contribution in [1.29, 1.82) is 0 Å². The van der Waals surface area contributed by atoms with Gasteiger partial charge in [0, 0.05) is 24.5 Å². The van der Waals surface area contributed by atoms with Crippen LogP contribution < -0.4 is 4.90 Å². The van der Waals surface area contributed by atoms with E-state index in [4.69, 9.17) is 0 Å². The highest BCUT2D eigenvalue weighted by Gasteiger charge is 2.30. The van der Waals surface area contributed by atoms with Crippen LogP contribution in [0.25, 0.3) is 10.9 Å². The molecule has 3 nitrogen and oxygen atoms in total. The van der Waals surface area contributed by atoms with Crippen LogP contribution in [0.1, 0.15) is 12.0 Å². The Morgan fingerprint density at radius 1 is 1.42 bits per heavy atom. The Hall–Kier alpha value is -1.55. The first-order valence-corrected chi connectivity index (χ1v) is 7.09. The average molecular weight is 272 g/mol. The van der Waals surface area contributed by atoms with E-state index in [0.29, 0.717) is 12.3 Å². The molecule has 0 bridgehead atoms. The molecule has 1 aromatic carbocycles. The summed E-state index contributed by atoms with van der Waals surface area (Å²) >= 11 is 4.31. The van der Waals surface area contributed by atoms with Gasteiger partial charge in [0.05, 0.1) is 11.2 Å². The van der Waals surface area contributed by atoms with E-state index < -0.39 is 0 Å². The number of benzene rings is 1. The zero-order valence-electron chi connectivity index (χ0n) is 10.8. The molecular weight excluding hydrogens is 256 g/mol. The molecule has 1 aliphatic rings. The number of fused-ring (bicyclic) bond motifs is 1. The largest absolute Gasteiger partial charge is 0.311 e. The molecule has 0 aliphatic carbocycles. The van der Waals surface area contributed by atoms with Gasteiger partial charge in [-0.3, -0.25) is 9.78 Å². The van der Waals surface area contributed by atoms with Gasteiger partial charge in [0.1, 0.15) is 0 Å². The van der Waals surface area contributed by atoms with Crippen molar-refractivity contribution in [3.63, 3.8) is 0 Å². The van der Waals surface area contributed by atoms with Gasteiger partial charge in [-0.2, -0.15) is 12.6 Å². The molecule has 0 spiro atoms. The smallest absolute Gasteiger partial charge is 0.227 e. The highest BCUT2D eigenvalue weighted by Crippen LogP contribution is 2.32. The number of hydrogen-bond acceptors (Lipinski definition) is 3. The minimum absolute atomic E-state index is 0.188. The number of nitrogens with zero attached hydrogens (tertiary/aromatic N) is 2. The van der Waals surface area contributed by atoms with Gasteiger partial charge in [0.15, 0.2) is 0 Å². The Bertz CT molecular complexity index is 641. The van der Waals surface area contributed by atoms with E-state index in [2.05, 4.69) is 17.6 Å². The Morgan fingerprint density at radius 2 is 2.26 bits per heavy atom. The van der Waals surface area contributed by atoms with Gasteiger partial charge < -0.3 is 4.90 Å². The van der Waals surface area contributed by atoms with Gasteiger partial charge in [0.2, 0.25) is 5.91 Å². The third-order valence-electron chi connectivity index (χ3n) is 3.70. The first-order chi connectivity index (χ1) is 9.20. The zero-order chi connectivity index (χ0) is 13.4. The SMILES string of the molecule is Cc1ccc(N2CC(CS)CC2=O)c2cccnc12. The molecule has 1 aliphatic heterocycles. The minimum atomic E-state index is 0.188. The number of thiol groups is 1. The molecule has 1 unspecified atom stereocenters. The van der Waals surface area contributed by atoms with Crippen LogP contribution >= 0.6 is 12.6 Å². The molecule has 2 aromatic rings. The van der Waals surface area contributed by atoms with Crippen LogP contribution in [0.3, 0.4) is 0 Å². The van der Waals surface area contributed by atoms with Crippen molar-refractivity contribution in [1.82, 2.24) is 4.98 Å². The molecule has 4 heteroatoms. The molecule has 0 radical (unpaired) electrons. The third kappa shape index (κ3) is 2.10. The molecule has 1 atom stereocenters. The highest BCUT2D eigenvalue weighted by molar-refractivity contribution is 7.80. The number of hydrogen-bond donors (Lipinski definition) is 1. The second-order valence-corrected chi connectivity index (χ2v) is 5.42. The molecule has 0 N–H and O–H groups in total. The number of aryl methyl sites for hydroxylation is 1. The van der Waals surface area contributed by atoms with Gasteiger partial charge in [-0.25, -0.2) is 0 Å². The highest BCUT2D eigenvalue weighted by atomic mass is 32.1. The fourth-order valence-electron chi connectivity index (χ4n) is 2.67. The van der Waals surface area contributed by atoms with Gasteiger partial charge in [-0.1, -0.05) is 6.07 Å². The maximum Gasteiger partial charge on any atom is 0.227 e. The van der Waals surface area contributed by atoms with Gasteiger partial charge in [-0.15, -0.1) is 0 Å². The van der Waals surface area contributed by atoms with Crippen molar-refractivity contribution < 1.29 is 4.79 Å². The summed E-state index contributed by atoms with van der Waals surface area (Å²) in [6.45, 7) is 2.80. The second-order valence-electron chi connectivity index (χ2n) is 5.06. The fraction of sp³-hybridized carbons (Fsp3) is 0.333. The van der Waals surface area contributed by atoms with Crippen LogP contribution in [-0.2, 0) is 4.79 Å². The number of amides is 1. The second kappa shape index (κ2) is 4.85. The Kier molecular flexibility index (Phi) is 3.19. The molecule has 19 heavy (non-hydrogen) atoms. The molecule has 98 valence electrons. The van der Waals surface area contributed by atoms with E-state index in [1.165, 1.54) is 0 Å². The Morgan fingerprint density at radius 3 is 3.00 bits per heavy atom. The number of aromatic nitrogens is 1. The van der Waals surface area contributed by atoms with Gasteiger partial charge in [0.25, 0.3) is 0 Å². The van der Waals surface area contributed by atoms with Crippen molar-refractivity contribution in [2.24, 2.45) is 5.92 Å². The summed E-state index contributed by atoms with van der Waals surface area (Å²) in [6, 6.07) is 8.01. The van der Waals surface area contributed by atoms with Crippen LogP contribution in [0.2, 0.25) is 0 Å². The van der Waals surface area contributed by atoms with Crippen LogP contribution in [0.4, 0.5) is 5.69 Å². The van der Waals surface area contributed by atoms with Crippen LogP contribution in [0.15, 0.2) is 30.5 Å². The predicted octanol–water partition coefficient (Wildman–Crippen LogP) is 2.83. The first kappa shape index (κ1) is 12.5. The lowest BCUT2D eigenvalue weighted by Gasteiger charge is -2.19. The molecule has 3 rings (SSSR count). The summed E-state index contributed by atoms with van der Waals surface area (Å²) < 4.78 is 0. The summed E-state index contributed by atoms with van der Waals surface area (Å²) in [5.41, 5.74) is 3.09. The quantitative estimate of drug-likeness (QED) is 0.853. The van der Waals surface area contributed by atoms with Crippen LogP contribution in [-0.4, -0.2) is 23.2 Å². The fourth-order valence-corrected chi connectivity index (χ4v) is 2.92. The van der Waals surface area contributed by atoms with E-state index in [-0.39, 0.29) is 5.91 Å². The zero-order valence-corrected chi connectivity index (χ0v) is 11.7. The first-order valence-electron chi connectivity index (χ1n) is 6.46. The number of carbonyl (C=O) groups is 1. The van der Waals surface area contributed by atoms with E-state index >= 15 is 0 Å².